The highest BCUT2D eigenvalue weighted by Crippen LogP contribution is 2.22. The standard InChI is InChI=1S/C19H19N3O3/c1-13(23)20-15-6-8-16(9-7-15)21-19(25)14-4-10-17(11-5-14)22-12-2-3-18(22)24/h4-11H,2-3,12H2,1H3,(H,20,23)(H,21,25). The van der Waals surface area contributed by atoms with Crippen molar-refractivity contribution in [1.82, 2.24) is 0 Å². The number of carbonyl (C=O) groups is 3. The molecule has 2 aromatic rings. The van der Waals surface area contributed by atoms with Crippen molar-refractivity contribution in [1.29, 1.82) is 0 Å². The van der Waals surface area contributed by atoms with Gasteiger partial charge in [-0.2, -0.15) is 0 Å². The molecule has 0 radical (unpaired) electrons. The number of nitrogens with one attached hydrogen (secondary N) is 2. The zero-order valence-corrected chi connectivity index (χ0v) is 13.9. The van der Waals surface area contributed by atoms with Crippen molar-refractivity contribution in [2.45, 2.75) is 19.8 Å². The first kappa shape index (κ1) is 16.7. The molecule has 0 aliphatic carbocycles. The van der Waals surface area contributed by atoms with Gasteiger partial charge in [0.05, 0.1) is 0 Å². The SMILES string of the molecule is CC(=O)Nc1ccc(NC(=O)c2ccc(N3CCCC3=O)cc2)cc1. The number of anilines is 3. The van der Waals surface area contributed by atoms with Crippen molar-refractivity contribution in [2.24, 2.45) is 0 Å². The van der Waals surface area contributed by atoms with Crippen LogP contribution < -0.4 is 15.5 Å². The smallest absolute Gasteiger partial charge is 0.255 e. The number of amides is 3. The minimum atomic E-state index is -0.230. The predicted molar refractivity (Wildman–Crippen MR) is 96.7 cm³/mol. The highest BCUT2D eigenvalue weighted by atomic mass is 16.2. The second-order valence-electron chi connectivity index (χ2n) is 5.91. The number of rotatable bonds is 4. The van der Waals surface area contributed by atoms with Crippen LogP contribution in [0.4, 0.5) is 17.1 Å². The lowest BCUT2D eigenvalue weighted by Gasteiger charge is -2.15. The Balaban J connectivity index is 1.64. The normalized spacial score (nSPS) is 13.6. The number of hydrogen-bond acceptors (Lipinski definition) is 3. The minimum absolute atomic E-state index is 0.122. The largest absolute Gasteiger partial charge is 0.326 e. The molecule has 0 spiro atoms. The van der Waals surface area contributed by atoms with Gasteiger partial charge < -0.3 is 15.5 Å². The molecule has 6 nitrogen and oxygen atoms in total. The Kier molecular flexibility index (Phi) is 4.79. The van der Waals surface area contributed by atoms with E-state index in [0.29, 0.717) is 23.4 Å². The Morgan fingerprint density at radius 1 is 0.920 bits per heavy atom. The fraction of sp³-hybridized carbons (Fsp3) is 0.211. The molecule has 0 atom stereocenters. The van der Waals surface area contributed by atoms with E-state index in [0.717, 1.165) is 18.7 Å². The summed E-state index contributed by atoms with van der Waals surface area (Å²) >= 11 is 0. The van der Waals surface area contributed by atoms with E-state index in [4.69, 9.17) is 0 Å². The van der Waals surface area contributed by atoms with Gasteiger partial charge in [-0.1, -0.05) is 0 Å². The van der Waals surface area contributed by atoms with Crippen LogP contribution in [0.25, 0.3) is 0 Å². The first-order valence-electron chi connectivity index (χ1n) is 8.12. The maximum absolute atomic E-state index is 12.3. The molecule has 0 saturated carbocycles. The summed E-state index contributed by atoms with van der Waals surface area (Å²) in [5.41, 5.74) is 2.64. The molecule has 2 N–H and O–H groups in total. The van der Waals surface area contributed by atoms with Crippen molar-refractivity contribution < 1.29 is 14.4 Å². The summed E-state index contributed by atoms with van der Waals surface area (Å²) in [6, 6.07) is 13.9. The van der Waals surface area contributed by atoms with Gasteiger partial charge in [0.1, 0.15) is 0 Å². The van der Waals surface area contributed by atoms with Crippen LogP contribution in [0.2, 0.25) is 0 Å². The predicted octanol–water partition coefficient (Wildman–Crippen LogP) is 3.02. The minimum Gasteiger partial charge on any atom is -0.326 e. The molecule has 1 aliphatic heterocycles. The van der Waals surface area contributed by atoms with Gasteiger partial charge in [0.15, 0.2) is 0 Å². The molecule has 25 heavy (non-hydrogen) atoms. The van der Waals surface area contributed by atoms with E-state index in [1.807, 2.05) is 0 Å². The summed E-state index contributed by atoms with van der Waals surface area (Å²) in [7, 11) is 0. The third-order valence-electron chi connectivity index (χ3n) is 3.98. The third-order valence-corrected chi connectivity index (χ3v) is 3.98. The molecule has 1 saturated heterocycles. The van der Waals surface area contributed by atoms with Crippen molar-refractivity contribution in [3.63, 3.8) is 0 Å². The molecular formula is C19H19N3O3. The Morgan fingerprint density at radius 3 is 2.04 bits per heavy atom. The Morgan fingerprint density at radius 2 is 1.52 bits per heavy atom. The van der Waals surface area contributed by atoms with Crippen LogP contribution >= 0.6 is 0 Å². The van der Waals surface area contributed by atoms with Gasteiger partial charge in [-0.3, -0.25) is 14.4 Å². The molecule has 0 aromatic heterocycles. The molecular weight excluding hydrogens is 318 g/mol. The average Bonchev–Trinajstić information content (AvgIpc) is 3.02. The maximum atomic E-state index is 12.3. The molecule has 1 aliphatic rings. The summed E-state index contributed by atoms with van der Waals surface area (Å²) in [6.07, 6.45) is 1.45. The van der Waals surface area contributed by atoms with Gasteiger partial charge in [0.2, 0.25) is 11.8 Å². The van der Waals surface area contributed by atoms with Crippen LogP contribution in [-0.2, 0) is 9.59 Å². The van der Waals surface area contributed by atoms with Gasteiger partial charge in [0, 0.05) is 42.5 Å². The lowest BCUT2D eigenvalue weighted by atomic mass is 10.1. The quantitative estimate of drug-likeness (QED) is 0.900. The topological polar surface area (TPSA) is 78.5 Å². The number of nitrogens with zero attached hydrogens (tertiary/aromatic N) is 1. The molecule has 1 fully saturated rings. The molecule has 0 unspecified atom stereocenters. The van der Waals surface area contributed by atoms with Crippen LogP contribution in [0.1, 0.15) is 30.1 Å². The van der Waals surface area contributed by atoms with Crippen LogP contribution in [-0.4, -0.2) is 24.3 Å². The van der Waals surface area contributed by atoms with Gasteiger partial charge in [-0.05, 0) is 55.0 Å². The van der Waals surface area contributed by atoms with Crippen LogP contribution in [0, 0.1) is 0 Å². The lowest BCUT2D eigenvalue weighted by molar-refractivity contribution is -0.117. The maximum Gasteiger partial charge on any atom is 0.255 e. The Bertz CT molecular complexity index is 798. The number of hydrogen-bond donors (Lipinski definition) is 2. The molecule has 1 heterocycles. The molecule has 3 rings (SSSR count). The number of benzene rings is 2. The third kappa shape index (κ3) is 4.03. The highest BCUT2D eigenvalue weighted by molar-refractivity contribution is 6.05. The van der Waals surface area contributed by atoms with E-state index in [-0.39, 0.29) is 17.7 Å². The van der Waals surface area contributed by atoms with Gasteiger partial charge >= 0.3 is 0 Å². The average molecular weight is 337 g/mol. The van der Waals surface area contributed by atoms with E-state index in [2.05, 4.69) is 10.6 Å². The first-order chi connectivity index (χ1) is 12.0. The Labute approximate surface area is 145 Å². The van der Waals surface area contributed by atoms with Crippen LogP contribution in [0.5, 0.6) is 0 Å². The number of carbonyl (C=O) groups excluding carboxylic acids is 3. The summed E-state index contributed by atoms with van der Waals surface area (Å²) < 4.78 is 0. The van der Waals surface area contributed by atoms with Gasteiger partial charge in [0.25, 0.3) is 5.91 Å². The van der Waals surface area contributed by atoms with E-state index in [1.165, 1.54) is 6.92 Å². The second-order valence-corrected chi connectivity index (χ2v) is 5.91. The zero-order chi connectivity index (χ0) is 17.8. The molecule has 2 aromatic carbocycles. The molecule has 3 amide bonds. The van der Waals surface area contributed by atoms with Crippen molar-refractivity contribution >= 4 is 34.8 Å². The summed E-state index contributed by atoms with van der Waals surface area (Å²) in [4.78, 5) is 36.8. The van der Waals surface area contributed by atoms with Gasteiger partial charge in [-0.15, -0.1) is 0 Å². The Hall–Kier alpha value is -3.15. The lowest BCUT2D eigenvalue weighted by Crippen LogP contribution is -2.23. The fourth-order valence-electron chi connectivity index (χ4n) is 2.76. The summed E-state index contributed by atoms with van der Waals surface area (Å²) in [5.74, 6) is -0.253. The van der Waals surface area contributed by atoms with E-state index >= 15 is 0 Å². The zero-order valence-electron chi connectivity index (χ0n) is 13.9. The highest BCUT2D eigenvalue weighted by Gasteiger charge is 2.21. The fourth-order valence-corrected chi connectivity index (χ4v) is 2.76. The van der Waals surface area contributed by atoms with Crippen LogP contribution in [0.3, 0.4) is 0 Å². The van der Waals surface area contributed by atoms with Crippen molar-refractivity contribution in [3.8, 4) is 0 Å². The van der Waals surface area contributed by atoms with Crippen molar-refractivity contribution in [2.75, 3.05) is 22.1 Å². The first-order valence-corrected chi connectivity index (χ1v) is 8.12. The second kappa shape index (κ2) is 7.17. The molecule has 128 valence electrons. The van der Waals surface area contributed by atoms with Crippen molar-refractivity contribution in [3.05, 3.63) is 54.1 Å². The summed E-state index contributed by atoms with van der Waals surface area (Å²) in [5, 5.41) is 5.47. The molecule has 6 heteroatoms. The van der Waals surface area contributed by atoms with E-state index in [1.54, 1.807) is 53.4 Å². The monoisotopic (exact) mass is 337 g/mol. The molecule has 0 bridgehead atoms. The van der Waals surface area contributed by atoms with E-state index in [9.17, 15) is 14.4 Å². The van der Waals surface area contributed by atoms with Gasteiger partial charge in [-0.25, -0.2) is 0 Å². The summed E-state index contributed by atoms with van der Waals surface area (Å²) in [6.45, 7) is 2.17. The van der Waals surface area contributed by atoms with Crippen LogP contribution in [0.15, 0.2) is 48.5 Å². The van der Waals surface area contributed by atoms with E-state index < -0.39 is 0 Å².